The van der Waals surface area contributed by atoms with Crippen LogP contribution in [0.5, 0.6) is 5.88 Å². The van der Waals surface area contributed by atoms with Crippen molar-refractivity contribution in [3.8, 4) is 17.4 Å². The van der Waals surface area contributed by atoms with E-state index in [1.165, 1.54) is 0 Å². The van der Waals surface area contributed by atoms with Gasteiger partial charge in [0.05, 0.1) is 11.6 Å². The Balaban J connectivity index is 1.56. The number of carbonyl (C=O) groups is 1. The van der Waals surface area contributed by atoms with Crippen LogP contribution in [-0.2, 0) is 4.79 Å². The van der Waals surface area contributed by atoms with E-state index in [0.717, 1.165) is 22.8 Å². The van der Waals surface area contributed by atoms with Gasteiger partial charge in [-0.3, -0.25) is 4.99 Å². The Kier molecular flexibility index (Phi) is 4.12. The van der Waals surface area contributed by atoms with Crippen LogP contribution in [-0.4, -0.2) is 44.1 Å². The quantitative estimate of drug-likeness (QED) is 0.484. The molecule has 9 nitrogen and oxygen atoms in total. The van der Waals surface area contributed by atoms with E-state index >= 15 is 0 Å². The fourth-order valence-electron chi connectivity index (χ4n) is 3.20. The third-order valence-corrected chi connectivity index (χ3v) is 4.68. The molecule has 0 spiro atoms. The van der Waals surface area contributed by atoms with Gasteiger partial charge in [0.1, 0.15) is 18.7 Å². The zero-order chi connectivity index (χ0) is 19.8. The lowest BCUT2D eigenvalue weighted by molar-refractivity contribution is -0.109. The van der Waals surface area contributed by atoms with Crippen molar-refractivity contribution in [1.29, 1.82) is 0 Å². The highest BCUT2D eigenvalue weighted by Gasteiger charge is 2.18. The first-order valence-corrected chi connectivity index (χ1v) is 9.12. The smallest absolute Gasteiger partial charge is 0.240 e. The Labute approximate surface area is 164 Å². The van der Waals surface area contributed by atoms with Crippen molar-refractivity contribution in [2.75, 3.05) is 6.61 Å². The normalized spacial score (nSPS) is 16.3. The number of fused-ring (bicyclic) bond motifs is 3. The predicted molar refractivity (Wildman–Crippen MR) is 105 cm³/mol. The monoisotopic (exact) mass is 388 g/mol. The standard InChI is InChI=1S/C20H16N6O3/c1-12-8-17(25-29-12)19-23-22-18-15-4-2-3-5-16(15)20(24-26(18)19)28-11-14-7-6-13(10-27)9-21-14/h2-5,7-10,13H,6,11H2,1H3. The van der Waals surface area contributed by atoms with Crippen molar-refractivity contribution in [2.24, 2.45) is 10.9 Å². The third-order valence-electron chi connectivity index (χ3n) is 4.68. The summed E-state index contributed by atoms with van der Waals surface area (Å²) >= 11 is 0. The maximum Gasteiger partial charge on any atom is 0.240 e. The second kappa shape index (κ2) is 6.93. The minimum absolute atomic E-state index is 0.167. The molecule has 1 aliphatic heterocycles. The summed E-state index contributed by atoms with van der Waals surface area (Å²) in [6.07, 6.45) is 5.06. The Morgan fingerprint density at radius 2 is 2.14 bits per heavy atom. The zero-order valence-electron chi connectivity index (χ0n) is 15.5. The van der Waals surface area contributed by atoms with Crippen LogP contribution in [0.25, 0.3) is 27.9 Å². The molecule has 1 aliphatic rings. The minimum atomic E-state index is -0.167. The molecule has 3 aromatic heterocycles. The van der Waals surface area contributed by atoms with Crippen LogP contribution in [0.15, 0.2) is 51.6 Å². The van der Waals surface area contributed by atoms with Gasteiger partial charge in [-0.25, -0.2) is 0 Å². The number of aliphatic imine (C=N–C) groups is 1. The average Bonchev–Trinajstić information content (AvgIpc) is 3.38. The SMILES string of the molecule is Cc1cc(-c2nnc3c4ccccc4c(OCC4=CCC(C=O)C=N4)nn23)no1. The molecule has 5 rings (SSSR count). The number of aryl methyl sites for hydroxylation is 1. The van der Waals surface area contributed by atoms with Crippen LogP contribution in [0.1, 0.15) is 12.2 Å². The molecule has 0 saturated carbocycles. The van der Waals surface area contributed by atoms with Gasteiger partial charge in [0.15, 0.2) is 11.3 Å². The van der Waals surface area contributed by atoms with Gasteiger partial charge in [0.25, 0.3) is 0 Å². The first-order chi connectivity index (χ1) is 14.2. The molecule has 1 atom stereocenters. The fourth-order valence-corrected chi connectivity index (χ4v) is 3.20. The zero-order valence-corrected chi connectivity index (χ0v) is 15.5. The average molecular weight is 388 g/mol. The van der Waals surface area contributed by atoms with E-state index in [4.69, 9.17) is 9.26 Å². The highest BCUT2D eigenvalue weighted by Crippen LogP contribution is 2.29. The van der Waals surface area contributed by atoms with Crippen LogP contribution >= 0.6 is 0 Å². The molecule has 0 fully saturated rings. The highest BCUT2D eigenvalue weighted by molar-refractivity contribution is 5.97. The highest BCUT2D eigenvalue weighted by atomic mass is 16.5. The first kappa shape index (κ1) is 17.2. The molecule has 1 unspecified atom stereocenters. The molecule has 0 N–H and O–H groups in total. The van der Waals surface area contributed by atoms with Gasteiger partial charge in [-0.2, -0.15) is 4.52 Å². The number of carbonyl (C=O) groups excluding carboxylic acids is 1. The van der Waals surface area contributed by atoms with Crippen molar-refractivity contribution in [1.82, 2.24) is 25.0 Å². The molecule has 4 aromatic rings. The van der Waals surface area contributed by atoms with Gasteiger partial charge in [-0.15, -0.1) is 15.3 Å². The molecule has 0 radical (unpaired) electrons. The number of aromatic nitrogens is 5. The van der Waals surface area contributed by atoms with E-state index in [9.17, 15) is 4.79 Å². The first-order valence-electron chi connectivity index (χ1n) is 9.12. The van der Waals surface area contributed by atoms with Gasteiger partial charge in [0, 0.05) is 23.1 Å². The Hall–Kier alpha value is -3.88. The molecule has 9 heteroatoms. The predicted octanol–water partition coefficient (Wildman–Crippen LogP) is 2.79. The van der Waals surface area contributed by atoms with Gasteiger partial charge in [-0.1, -0.05) is 29.4 Å². The summed E-state index contributed by atoms with van der Waals surface area (Å²) in [7, 11) is 0. The lowest BCUT2D eigenvalue weighted by atomic mass is 10.1. The van der Waals surface area contributed by atoms with E-state index in [1.807, 2.05) is 37.3 Å². The Morgan fingerprint density at radius 1 is 1.28 bits per heavy atom. The summed E-state index contributed by atoms with van der Waals surface area (Å²) in [6, 6.07) is 9.48. The molecular weight excluding hydrogens is 372 g/mol. The van der Waals surface area contributed by atoms with Crippen molar-refractivity contribution in [3.63, 3.8) is 0 Å². The van der Waals surface area contributed by atoms with Crippen molar-refractivity contribution in [2.45, 2.75) is 13.3 Å². The number of allylic oxidation sites excluding steroid dienone is 1. The second-order valence-electron chi connectivity index (χ2n) is 6.73. The Morgan fingerprint density at radius 3 is 2.86 bits per heavy atom. The topological polar surface area (TPSA) is 108 Å². The van der Waals surface area contributed by atoms with Gasteiger partial charge in [-0.05, 0) is 19.4 Å². The lowest BCUT2D eigenvalue weighted by Crippen LogP contribution is -2.11. The number of hydrogen-bond acceptors (Lipinski definition) is 8. The number of nitrogens with zero attached hydrogens (tertiary/aromatic N) is 6. The second-order valence-corrected chi connectivity index (χ2v) is 6.73. The molecular formula is C20H16N6O3. The maximum absolute atomic E-state index is 10.9. The van der Waals surface area contributed by atoms with Crippen LogP contribution in [0.4, 0.5) is 0 Å². The Bertz CT molecular complexity index is 1290. The van der Waals surface area contributed by atoms with E-state index in [-0.39, 0.29) is 12.5 Å². The molecule has 0 aliphatic carbocycles. The van der Waals surface area contributed by atoms with E-state index < -0.39 is 0 Å². The molecule has 144 valence electrons. The summed E-state index contributed by atoms with van der Waals surface area (Å²) in [5, 5.41) is 18.8. The molecule has 0 bridgehead atoms. The lowest BCUT2D eigenvalue weighted by Gasteiger charge is -2.12. The van der Waals surface area contributed by atoms with Gasteiger partial charge >= 0.3 is 0 Å². The molecule has 0 saturated heterocycles. The number of hydrogen-bond donors (Lipinski definition) is 0. The van der Waals surface area contributed by atoms with E-state index in [0.29, 0.717) is 35.2 Å². The van der Waals surface area contributed by atoms with Gasteiger partial charge < -0.3 is 14.1 Å². The fraction of sp³-hybridized carbons (Fsp3) is 0.200. The van der Waals surface area contributed by atoms with Crippen molar-refractivity contribution < 1.29 is 14.1 Å². The van der Waals surface area contributed by atoms with E-state index in [1.54, 1.807) is 16.8 Å². The number of ether oxygens (including phenoxy) is 1. The summed E-state index contributed by atoms with van der Waals surface area (Å²) in [5.41, 5.74) is 1.90. The van der Waals surface area contributed by atoms with Crippen molar-refractivity contribution >= 4 is 28.9 Å². The largest absolute Gasteiger partial charge is 0.470 e. The molecule has 0 amide bonds. The molecule has 4 heterocycles. The molecule has 1 aromatic carbocycles. The van der Waals surface area contributed by atoms with Crippen LogP contribution < -0.4 is 4.74 Å². The number of aldehydes is 1. The summed E-state index contributed by atoms with van der Waals surface area (Å²) < 4.78 is 12.8. The van der Waals surface area contributed by atoms with Crippen molar-refractivity contribution in [3.05, 3.63) is 47.9 Å². The van der Waals surface area contributed by atoms with Crippen LogP contribution in [0, 0.1) is 12.8 Å². The molecule has 29 heavy (non-hydrogen) atoms. The summed E-state index contributed by atoms with van der Waals surface area (Å²) in [4.78, 5) is 15.1. The minimum Gasteiger partial charge on any atom is -0.470 e. The summed E-state index contributed by atoms with van der Waals surface area (Å²) in [6.45, 7) is 2.05. The third kappa shape index (κ3) is 3.06. The number of rotatable bonds is 5. The summed E-state index contributed by atoms with van der Waals surface area (Å²) in [5.74, 6) is 1.41. The maximum atomic E-state index is 10.9. The van der Waals surface area contributed by atoms with Gasteiger partial charge in [0.2, 0.25) is 11.7 Å². The van der Waals surface area contributed by atoms with Crippen LogP contribution in [0.3, 0.4) is 0 Å². The number of benzene rings is 1. The van der Waals surface area contributed by atoms with Crippen LogP contribution in [0.2, 0.25) is 0 Å². The van der Waals surface area contributed by atoms with E-state index in [2.05, 4.69) is 25.4 Å².